The summed E-state index contributed by atoms with van der Waals surface area (Å²) < 4.78 is 0. The van der Waals surface area contributed by atoms with E-state index in [-0.39, 0.29) is 11.4 Å². The first-order valence-electron chi connectivity index (χ1n) is 8.00. The predicted molar refractivity (Wildman–Crippen MR) is 95.2 cm³/mol. The number of unbranched alkanes of at least 4 members (excludes halogenated alkanes) is 1. The lowest BCUT2D eigenvalue weighted by Crippen LogP contribution is -2.29. The Kier molecular flexibility index (Phi) is 5.95. The Balaban J connectivity index is 1.94. The van der Waals surface area contributed by atoms with E-state index in [1.54, 1.807) is 24.3 Å². The number of carbonyl (C=O) groups excluding carboxylic acids is 2. The fourth-order valence-electron chi connectivity index (χ4n) is 2.25. The van der Waals surface area contributed by atoms with Gasteiger partial charge in [-0.1, -0.05) is 31.5 Å². The maximum atomic E-state index is 11.9. The van der Waals surface area contributed by atoms with E-state index in [2.05, 4.69) is 17.6 Å². The number of rotatable bonds is 5. The highest BCUT2D eigenvalue weighted by molar-refractivity contribution is 6.43. The topological polar surface area (TPSA) is 78.4 Å². The summed E-state index contributed by atoms with van der Waals surface area (Å²) in [6, 6.07) is 12.2. The van der Waals surface area contributed by atoms with Crippen LogP contribution in [0.15, 0.2) is 42.5 Å². The molecule has 0 radical (unpaired) electrons. The van der Waals surface area contributed by atoms with Gasteiger partial charge in [-0.25, -0.2) is 0 Å². The summed E-state index contributed by atoms with van der Waals surface area (Å²) in [5.41, 5.74) is 2.82. The molecular formula is C19H22N2O3. The van der Waals surface area contributed by atoms with E-state index < -0.39 is 11.8 Å². The van der Waals surface area contributed by atoms with Crippen molar-refractivity contribution in [3.05, 3.63) is 53.6 Å². The normalized spacial score (nSPS) is 10.2. The molecule has 0 aliphatic rings. The van der Waals surface area contributed by atoms with Gasteiger partial charge in [0.1, 0.15) is 5.75 Å². The molecule has 0 bridgehead atoms. The Morgan fingerprint density at radius 1 is 1.00 bits per heavy atom. The number of hydrogen-bond acceptors (Lipinski definition) is 3. The van der Waals surface area contributed by atoms with Gasteiger partial charge < -0.3 is 15.7 Å². The van der Waals surface area contributed by atoms with Crippen LogP contribution in [0.4, 0.5) is 11.4 Å². The number of benzene rings is 2. The summed E-state index contributed by atoms with van der Waals surface area (Å²) in [5.74, 6) is -1.68. The van der Waals surface area contributed by atoms with Crippen molar-refractivity contribution in [2.24, 2.45) is 0 Å². The zero-order chi connectivity index (χ0) is 17.5. The second-order valence-corrected chi connectivity index (χ2v) is 5.73. The average Bonchev–Trinajstić information content (AvgIpc) is 2.56. The minimum absolute atomic E-state index is 0.0728. The van der Waals surface area contributed by atoms with Gasteiger partial charge in [-0.3, -0.25) is 9.59 Å². The minimum atomic E-state index is -0.829. The number of amides is 2. The van der Waals surface area contributed by atoms with Crippen LogP contribution < -0.4 is 10.6 Å². The quantitative estimate of drug-likeness (QED) is 0.580. The van der Waals surface area contributed by atoms with E-state index >= 15 is 0 Å². The molecule has 2 aromatic rings. The molecule has 126 valence electrons. The highest BCUT2D eigenvalue weighted by atomic mass is 16.3. The highest BCUT2D eigenvalue weighted by Crippen LogP contribution is 2.23. The van der Waals surface area contributed by atoms with Gasteiger partial charge in [0.2, 0.25) is 0 Å². The van der Waals surface area contributed by atoms with Crippen molar-refractivity contribution in [3.8, 4) is 5.75 Å². The fraction of sp³-hybridized carbons (Fsp3) is 0.263. The zero-order valence-corrected chi connectivity index (χ0v) is 13.9. The Labute approximate surface area is 141 Å². The molecular weight excluding hydrogens is 304 g/mol. The summed E-state index contributed by atoms with van der Waals surface area (Å²) >= 11 is 0. The SMILES string of the molecule is CCCCc1ccc(NC(=O)C(=O)Nc2ccc(C)cc2O)cc1. The van der Waals surface area contributed by atoms with Crippen LogP contribution in [0.5, 0.6) is 5.75 Å². The predicted octanol–water partition coefficient (Wildman–Crippen LogP) is 3.62. The molecule has 24 heavy (non-hydrogen) atoms. The molecule has 2 rings (SSSR count). The third kappa shape index (κ3) is 4.84. The molecule has 5 nitrogen and oxygen atoms in total. The lowest BCUT2D eigenvalue weighted by atomic mass is 10.1. The number of aryl methyl sites for hydroxylation is 2. The molecule has 0 heterocycles. The van der Waals surface area contributed by atoms with Gasteiger partial charge in [0, 0.05) is 5.69 Å². The van der Waals surface area contributed by atoms with Gasteiger partial charge in [0.25, 0.3) is 0 Å². The van der Waals surface area contributed by atoms with Crippen molar-refractivity contribution in [1.82, 2.24) is 0 Å². The summed E-state index contributed by atoms with van der Waals surface area (Å²) in [6.07, 6.45) is 3.25. The van der Waals surface area contributed by atoms with Crippen LogP contribution in [0.2, 0.25) is 0 Å². The van der Waals surface area contributed by atoms with E-state index in [0.717, 1.165) is 24.8 Å². The third-order valence-corrected chi connectivity index (χ3v) is 3.64. The van der Waals surface area contributed by atoms with E-state index in [9.17, 15) is 14.7 Å². The van der Waals surface area contributed by atoms with Gasteiger partial charge >= 0.3 is 11.8 Å². The number of anilines is 2. The number of hydrogen-bond donors (Lipinski definition) is 3. The molecule has 0 atom stereocenters. The second-order valence-electron chi connectivity index (χ2n) is 5.73. The maximum Gasteiger partial charge on any atom is 0.314 e. The van der Waals surface area contributed by atoms with E-state index in [1.807, 2.05) is 19.1 Å². The first kappa shape index (κ1) is 17.5. The van der Waals surface area contributed by atoms with Gasteiger partial charge in [0.05, 0.1) is 5.69 Å². The summed E-state index contributed by atoms with van der Waals surface area (Å²) in [5, 5.41) is 14.7. The van der Waals surface area contributed by atoms with Gasteiger partial charge in [-0.15, -0.1) is 0 Å². The van der Waals surface area contributed by atoms with Crippen LogP contribution in [-0.2, 0) is 16.0 Å². The van der Waals surface area contributed by atoms with Crippen LogP contribution in [0, 0.1) is 6.92 Å². The maximum absolute atomic E-state index is 11.9. The second kappa shape index (κ2) is 8.15. The molecule has 2 amide bonds. The number of phenolic OH excluding ortho intramolecular Hbond substituents is 1. The van der Waals surface area contributed by atoms with Crippen molar-refractivity contribution in [1.29, 1.82) is 0 Å². The lowest BCUT2D eigenvalue weighted by molar-refractivity contribution is -0.133. The Morgan fingerprint density at radius 3 is 2.29 bits per heavy atom. The monoisotopic (exact) mass is 326 g/mol. The summed E-state index contributed by atoms with van der Waals surface area (Å²) in [6.45, 7) is 3.96. The van der Waals surface area contributed by atoms with Crippen molar-refractivity contribution >= 4 is 23.2 Å². The van der Waals surface area contributed by atoms with Crippen LogP contribution in [0.3, 0.4) is 0 Å². The summed E-state index contributed by atoms with van der Waals surface area (Å²) in [7, 11) is 0. The minimum Gasteiger partial charge on any atom is -0.506 e. The van der Waals surface area contributed by atoms with Gasteiger partial charge in [-0.05, 0) is 55.2 Å². The van der Waals surface area contributed by atoms with Crippen molar-refractivity contribution in [2.75, 3.05) is 10.6 Å². The number of nitrogens with one attached hydrogen (secondary N) is 2. The summed E-state index contributed by atoms with van der Waals surface area (Å²) in [4.78, 5) is 23.9. The molecule has 3 N–H and O–H groups in total. The standard InChI is InChI=1S/C19H22N2O3/c1-3-4-5-14-7-9-15(10-8-14)20-18(23)19(24)21-16-11-6-13(2)12-17(16)22/h6-12,22H,3-5H2,1-2H3,(H,20,23)(H,21,24). The third-order valence-electron chi connectivity index (χ3n) is 3.64. The van der Waals surface area contributed by atoms with Gasteiger partial charge in [0.15, 0.2) is 0 Å². The molecule has 0 saturated heterocycles. The number of aromatic hydroxyl groups is 1. The molecule has 0 unspecified atom stereocenters. The van der Waals surface area contributed by atoms with E-state index in [0.29, 0.717) is 5.69 Å². The first-order chi connectivity index (χ1) is 11.5. The number of carbonyl (C=O) groups is 2. The molecule has 0 aliphatic heterocycles. The van der Waals surface area contributed by atoms with Gasteiger partial charge in [-0.2, -0.15) is 0 Å². The van der Waals surface area contributed by atoms with Crippen molar-refractivity contribution < 1.29 is 14.7 Å². The molecule has 2 aromatic carbocycles. The highest BCUT2D eigenvalue weighted by Gasteiger charge is 2.15. The molecule has 0 fully saturated rings. The van der Waals surface area contributed by atoms with E-state index in [4.69, 9.17) is 0 Å². The van der Waals surface area contributed by atoms with Crippen LogP contribution in [0.25, 0.3) is 0 Å². The van der Waals surface area contributed by atoms with Crippen LogP contribution in [0.1, 0.15) is 30.9 Å². The Bertz CT molecular complexity index is 724. The molecule has 0 aliphatic carbocycles. The van der Waals surface area contributed by atoms with Crippen LogP contribution in [-0.4, -0.2) is 16.9 Å². The molecule has 0 saturated carbocycles. The Hall–Kier alpha value is -2.82. The molecule has 0 spiro atoms. The number of phenols is 1. The lowest BCUT2D eigenvalue weighted by Gasteiger charge is -2.09. The van der Waals surface area contributed by atoms with Crippen molar-refractivity contribution in [2.45, 2.75) is 33.1 Å². The first-order valence-corrected chi connectivity index (χ1v) is 8.00. The largest absolute Gasteiger partial charge is 0.506 e. The van der Waals surface area contributed by atoms with E-state index in [1.165, 1.54) is 11.6 Å². The molecule has 0 aromatic heterocycles. The van der Waals surface area contributed by atoms with Crippen LogP contribution >= 0.6 is 0 Å². The zero-order valence-electron chi connectivity index (χ0n) is 13.9. The smallest absolute Gasteiger partial charge is 0.314 e. The Morgan fingerprint density at radius 2 is 1.67 bits per heavy atom. The molecule has 5 heteroatoms. The van der Waals surface area contributed by atoms with Crippen molar-refractivity contribution in [3.63, 3.8) is 0 Å². The average molecular weight is 326 g/mol. The fourth-order valence-corrected chi connectivity index (χ4v) is 2.25.